The lowest BCUT2D eigenvalue weighted by Crippen LogP contribution is -2.05. The van der Waals surface area contributed by atoms with Crippen LogP contribution in [0.3, 0.4) is 0 Å². The van der Waals surface area contributed by atoms with Gasteiger partial charge < -0.3 is 5.11 Å². The van der Waals surface area contributed by atoms with Gasteiger partial charge in [-0.25, -0.2) is 13.6 Å². The normalized spacial score (nSPS) is 10.5. The second kappa shape index (κ2) is 3.47. The van der Waals surface area contributed by atoms with Gasteiger partial charge in [-0.1, -0.05) is 0 Å². The minimum Gasteiger partial charge on any atom is -0.478 e. The number of pyridine rings is 1. The summed E-state index contributed by atoms with van der Waals surface area (Å²) in [6.45, 7) is 1.59. The van der Waals surface area contributed by atoms with Gasteiger partial charge in [0, 0.05) is 6.20 Å². The number of hydrogen-bond donors (Lipinski definition) is 1. The fourth-order valence-corrected chi connectivity index (χ4v) is 0.925. The van der Waals surface area contributed by atoms with Gasteiger partial charge >= 0.3 is 5.97 Å². The van der Waals surface area contributed by atoms with Crippen LogP contribution in [0.5, 0.6) is 0 Å². The molecule has 0 saturated heterocycles. The molecule has 0 bridgehead atoms. The van der Waals surface area contributed by atoms with Crippen LogP contribution >= 0.6 is 0 Å². The Labute approximate surface area is 73.0 Å². The van der Waals surface area contributed by atoms with Crippen LogP contribution in [-0.2, 0) is 0 Å². The number of halogens is 2. The van der Waals surface area contributed by atoms with Crippen LogP contribution in [0.15, 0.2) is 12.3 Å². The molecule has 0 spiro atoms. The molecule has 0 aliphatic carbocycles. The highest BCUT2D eigenvalue weighted by molar-refractivity contribution is 5.89. The van der Waals surface area contributed by atoms with Crippen molar-refractivity contribution in [2.75, 3.05) is 0 Å². The summed E-state index contributed by atoms with van der Waals surface area (Å²) >= 11 is 0. The van der Waals surface area contributed by atoms with Crippen molar-refractivity contribution in [2.24, 2.45) is 0 Å². The molecular weight excluding hydrogens is 180 g/mol. The van der Waals surface area contributed by atoms with Gasteiger partial charge in [-0.2, -0.15) is 0 Å². The van der Waals surface area contributed by atoms with E-state index in [9.17, 15) is 13.6 Å². The smallest absolute Gasteiger partial charge is 0.337 e. The zero-order valence-corrected chi connectivity index (χ0v) is 6.79. The zero-order chi connectivity index (χ0) is 10.0. The van der Waals surface area contributed by atoms with Crippen molar-refractivity contribution in [3.63, 3.8) is 0 Å². The van der Waals surface area contributed by atoms with Crippen molar-refractivity contribution in [3.05, 3.63) is 29.1 Å². The summed E-state index contributed by atoms with van der Waals surface area (Å²) in [7, 11) is 0. The average molecular weight is 187 g/mol. The topological polar surface area (TPSA) is 50.2 Å². The van der Waals surface area contributed by atoms with Gasteiger partial charge in [0.15, 0.2) is 0 Å². The summed E-state index contributed by atoms with van der Waals surface area (Å²) in [5, 5.41) is 8.57. The van der Waals surface area contributed by atoms with Crippen LogP contribution < -0.4 is 0 Å². The van der Waals surface area contributed by atoms with Crippen molar-refractivity contribution in [1.82, 2.24) is 4.98 Å². The minimum absolute atomic E-state index is 0.435. The van der Waals surface area contributed by atoms with E-state index < -0.39 is 23.7 Å². The molecule has 0 aliphatic heterocycles. The molecule has 1 N–H and O–H groups in total. The van der Waals surface area contributed by atoms with E-state index in [0.29, 0.717) is 5.56 Å². The number of rotatable bonds is 2. The maximum atomic E-state index is 12.2. The van der Waals surface area contributed by atoms with E-state index in [1.807, 2.05) is 0 Å². The Balaban J connectivity index is 3.27. The average Bonchev–Trinajstić information content (AvgIpc) is 2.03. The fraction of sp³-hybridized carbons (Fsp3) is 0.250. The van der Waals surface area contributed by atoms with Crippen LogP contribution in [0, 0.1) is 6.92 Å². The Kier molecular flexibility index (Phi) is 2.55. The van der Waals surface area contributed by atoms with Gasteiger partial charge in [0.1, 0.15) is 5.69 Å². The van der Waals surface area contributed by atoms with Crippen molar-refractivity contribution >= 4 is 5.97 Å². The molecule has 1 aromatic rings. The maximum Gasteiger partial charge on any atom is 0.337 e. The number of carbonyl (C=O) groups is 1. The van der Waals surface area contributed by atoms with E-state index in [-0.39, 0.29) is 0 Å². The maximum absolute atomic E-state index is 12.2. The van der Waals surface area contributed by atoms with E-state index in [1.54, 1.807) is 6.92 Å². The van der Waals surface area contributed by atoms with Gasteiger partial charge in [-0.3, -0.25) is 4.98 Å². The third kappa shape index (κ3) is 1.99. The minimum atomic E-state index is -2.85. The molecule has 0 aromatic carbocycles. The van der Waals surface area contributed by atoms with Crippen molar-refractivity contribution in [1.29, 1.82) is 0 Å². The number of aromatic nitrogens is 1. The number of alkyl halides is 2. The molecule has 0 atom stereocenters. The lowest BCUT2D eigenvalue weighted by atomic mass is 10.1. The quantitative estimate of drug-likeness (QED) is 0.770. The molecule has 0 aliphatic rings. The summed E-state index contributed by atoms with van der Waals surface area (Å²) in [4.78, 5) is 13.9. The van der Waals surface area contributed by atoms with Gasteiger partial charge in [-0.15, -0.1) is 0 Å². The van der Waals surface area contributed by atoms with Gasteiger partial charge in [0.2, 0.25) is 0 Å². The number of carboxylic acid groups (broad SMARTS) is 1. The molecule has 1 aromatic heterocycles. The standard InChI is InChI=1S/C8H7F2NO2/c1-4-2-5(8(12)13)6(7(9)10)11-3-4/h2-3,7H,1H3,(H,12,13). The first-order chi connectivity index (χ1) is 6.02. The first-order valence-corrected chi connectivity index (χ1v) is 3.50. The van der Waals surface area contributed by atoms with Crippen LogP contribution in [0.1, 0.15) is 28.0 Å². The first-order valence-electron chi connectivity index (χ1n) is 3.50. The van der Waals surface area contributed by atoms with E-state index in [1.165, 1.54) is 12.3 Å². The molecule has 0 fully saturated rings. The Morgan fingerprint density at radius 2 is 2.23 bits per heavy atom. The molecule has 0 unspecified atom stereocenters. The third-order valence-electron chi connectivity index (χ3n) is 1.49. The molecule has 3 nitrogen and oxygen atoms in total. The second-order valence-electron chi connectivity index (χ2n) is 2.55. The highest BCUT2D eigenvalue weighted by atomic mass is 19.3. The van der Waals surface area contributed by atoms with Crippen molar-refractivity contribution < 1.29 is 18.7 Å². The fourth-order valence-electron chi connectivity index (χ4n) is 0.925. The molecule has 13 heavy (non-hydrogen) atoms. The van der Waals surface area contributed by atoms with Gasteiger partial charge in [0.25, 0.3) is 6.43 Å². The number of carboxylic acids is 1. The first kappa shape index (κ1) is 9.57. The molecular formula is C8H7F2NO2. The summed E-state index contributed by atoms with van der Waals surface area (Å²) in [5.74, 6) is -1.38. The molecule has 0 amide bonds. The van der Waals surface area contributed by atoms with E-state index >= 15 is 0 Å². The molecule has 1 heterocycles. The number of aryl methyl sites for hydroxylation is 1. The molecule has 5 heteroatoms. The van der Waals surface area contributed by atoms with Crippen LogP contribution in [0.4, 0.5) is 8.78 Å². The van der Waals surface area contributed by atoms with Crippen molar-refractivity contribution in [3.8, 4) is 0 Å². The van der Waals surface area contributed by atoms with Gasteiger partial charge in [0.05, 0.1) is 5.56 Å². The molecule has 1 rings (SSSR count). The molecule has 0 saturated carbocycles. The van der Waals surface area contributed by atoms with Crippen LogP contribution in [-0.4, -0.2) is 16.1 Å². The van der Waals surface area contributed by atoms with E-state index in [4.69, 9.17) is 5.11 Å². The molecule has 0 radical (unpaired) electrons. The number of nitrogens with zero attached hydrogens (tertiary/aromatic N) is 1. The lowest BCUT2D eigenvalue weighted by Gasteiger charge is -2.03. The summed E-state index contributed by atoms with van der Waals surface area (Å²) in [5.41, 5.74) is -0.574. The molecule has 70 valence electrons. The lowest BCUT2D eigenvalue weighted by molar-refractivity contribution is 0.0682. The van der Waals surface area contributed by atoms with Crippen LogP contribution in [0.25, 0.3) is 0 Å². The summed E-state index contributed by atoms with van der Waals surface area (Å²) in [6.07, 6.45) is -1.64. The zero-order valence-electron chi connectivity index (χ0n) is 6.79. The van der Waals surface area contributed by atoms with Crippen LogP contribution in [0.2, 0.25) is 0 Å². The SMILES string of the molecule is Cc1cnc(C(F)F)c(C(=O)O)c1. The van der Waals surface area contributed by atoms with E-state index in [0.717, 1.165) is 0 Å². The summed E-state index contributed by atoms with van der Waals surface area (Å²) in [6, 6.07) is 1.18. The Bertz CT molecular complexity index is 339. The number of aromatic carboxylic acids is 1. The monoisotopic (exact) mass is 187 g/mol. The number of hydrogen-bond acceptors (Lipinski definition) is 2. The third-order valence-corrected chi connectivity index (χ3v) is 1.49. The highest BCUT2D eigenvalue weighted by Crippen LogP contribution is 2.20. The van der Waals surface area contributed by atoms with Gasteiger partial charge in [-0.05, 0) is 18.6 Å². The Morgan fingerprint density at radius 1 is 1.62 bits per heavy atom. The largest absolute Gasteiger partial charge is 0.478 e. The summed E-state index contributed by atoms with van der Waals surface area (Å²) < 4.78 is 24.4. The second-order valence-corrected chi connectivity index (χ2v) is 2.55. The Morgan fingerprint density at radius 3 is 2.69 bits per heavy atom. The predicted octanol–water partition coefficient (Wildman–Crippen LogP) is 2.03. The van der Waals surface area contributed by atoms with E-state index in [2.05, 4.69) is 4.98 Å². The highest BCUT2D eigenvalue weighted by Gasteiger charge is 2.19. The predicted molar refractivity (Wildman–Crippen MR) is 40.9 cm³/mol. The van der Waals surface area contributed by atoms with Crippen molar-refractivity contribution in [2.45, 2.75) is 13.3 Å². The Hall–Kier alpha value is -1.52.